The number of hydrogen-bond acceptors (Lipinski definition) is 3. The molecule has 5 nitrogen and oxygen atoms in total. The molecule has 1 aromatic carbocycles. The third kappa shape index (κ3) is 4.75. The molecule has 0 spiro atoms. The highest BCUT2D eigenvalue weighted by Crippen LogP contribution is 2.37. The highest BCUT2D eigenvalue weighted by atomic mass is 35.5. The van der Waals surface area contributed by atoms with Crippen LogP contribution in [0.5, 0.6) is 5.75 Å². The zero-order valence-corrected chi connectivity index (χ0v) is 17.0. The Morgan fingerprint density at radius 2 is 1.93 bits per heavy atom. The summed E-state index contributed by atoms with van der Waals surface area (Å²) in [6.07, 6.45) is 5.06. The average molecular weight is 393 g/mol. The maximum Gasteiger partial charge on any atom is 0.242 e. The third-order valence-corrected chi connectivity index (χ3v) is 5.72. The van der Waals surface area contributed by atoms with E-state index in [1.54, 1.807) is 11.0 Å². The van der Waals surface area contributed by atoms with Gasteiger partial charge in [-0.05, 0) is 51.3 Å². The predicted molar refractivity (Wildman–Crippen MR) is 106 cm³/mol. The van der Waals surface area contributed by atoms with Crippen molar-refractivity contribution in [2.24, 2.45) is 0 Å². The van der Waals surface area contributed by atoms with Crippen molar-refractivity contribution >= 4 is 23.4 Å². The minimum absolute atomic E-state index is 0.0139. The van der Waals surface area contributed by atoms with Gasteiger partial charge < -0.3 is 14.5 Å². The van der Waals surface area contributed by atoms with E-state index in [1.807, 2.05) is 30.9 Å². The van der Waals surface area contributed by atoms with Crippen molar-refractivity contribution in [3.05, 3.63) is 28.8 Å². The second-order valence-corrected chi connectivity index (χ2v) is 8.16. The van der Waals surface area contributed by atoms with E-state index in [2.05, 4.69) is 0 Å². The Morgan fingerprint density at radius 1 is 1.22 bits per heavy atom. The maximum atomic E-state index is 13.4. The molecule has 1 unspecified atom stereocenters. The van der Waals surface area contributed by atoms with Gasteiger partial charge in [0.1, 0.15) is 5.75 Å². The fourth-order valence-corrected chi connectivity index (χ4v) is 4.08. The van der Waals surface area contributed by atoms with Gasteiger partial charge in [0.2, 0.25) is 11.8 Å². The zero-order valence-electron chi connectivity index (χ0n) is 16.2. The van der Waals surface area contributed by atoms with E-state index in [0.717, 1.165) is 31.5 Å². The quantitative estimate of drug-likeness (QED) is 0.782. The monoisotopic (exact) mass is 392 g/mol. The Balaban J connectivity index is 1.76. The zero-order chi connectivity index (χ0) is 19.4. The van der Waals surface area contributed by atoms with Crippen LogP contribution < -0.4 is 4.74 Å². The molecule has 0 aromatic heterocycles. The lowest BCUT2D eigenvalue weighted by molar-refractivity contribution is -0.143. The Kier molecular flexibility index (Phi) is 6.64. The Hall–Kier alpha value is -1.75. The molecule has 1 atom stereocenters. The van der Waals surface area contributed by atoms with Crippen molar-refractivity contribution in [2.75, 3.05) is 26.2 Å². The van der Waals surface area contributed by atoms with Crippen molar-refractivity contribution in [3.63, 3.8) is 0 Å². The van der Waals surface area contributed by atoms with Crippen molar-refractivity contribution < 1.29 is 14.3 Å². The van der Waals surface area contributed by atoms with Crippen molar-refractivity contribution in [1.29, 1.82) is 0 Å². The molecule has 0 N–H and O–H groups in total. The Morgan fingerprint density at radius 3 is 2.59 bits per heavy atom. The minimum atomic E-state index is -0.313. The number of halogens is 1. The standard InChI is InChI=1S/C21H29ClN2O3/c1-15(2)24(14-20(25)23-10-5-3-4-6-11-23)21(26)17-9-12-27-19-8-7-16(22)13-18(17)19/h7-8,13,15,17H,3-6,9-12,14H2,1-2H3. The second-order valence-electron chi connectivity index (χ2n) is 7.73. The molecule has 1 fully saturated rings. The Labute approximate surface area is 166 Å². The van der Waals surface area contributed by atoms with E-state index in [-0.39, 0.29) is 30.3 Å². The average Bonchev–Trinajstić information content (AvgIpc) is 2.94. The van der Waals surface area contributed by atoms with Gasteiger partial charge in [0.25, 0.3) is 0 Å². The van der Waals surface area contributed by atoms with E-state index in [9.17, 15) is 9.59 Å². The Bertz CT molecular complexity index is 684. The molecule has 27 heavy (non-hydrogen) atoms. The fourth-order valence-electron chi connectivity index (χ4n) is 3.90. The van der Waals surface area contributed by atoms with Crippen molar-refractivity contribution in [3.8, 4) is 5.75 Å². The molecule has 148 valence electrons. The van der Waals surface area contributed by atoms with Gasteiger partial charge in [-0.2, -0.15) is 0 Å². The van der Waals surface area contributed by atoms with Gasteiger partial charge in [-0.25, -0.2) is 0 Å². The molecular formula is C21H29ClN2O3. The highest BCUT2D eigenvalue weighted by Gasteiger charge is 2.34. The normalized spacial score (nSPS) is 19.9. The number of fused-ring (bicyclic) bond motifs is 1. The highest BCUT2D eigenvalue weighted by molar-refractivity contribution is 6.30. The SMILES string of the molecule is CC(C)N(CC(=O)N1CCCCCC1)C(=O)C1CCOc2ccc(Cl)cc21. The first-order valence-corrected chi connectivity index (χ1v) is 10.4. The van der Waals surface area contributed by atoms with Gasteiger partial charge >= 0.3 is 0 Å². The predicted octanol–water partition coefficient (Wildman–Crippen LogP) is 3.85. The largest absolute Gasteiger partial charge is 0.493 e. The number of nitrogens with zero attached hydrogens (tertiary/aromatic N) is 2. The molecule has 0 bridgehead atoms. The lowest BCUT2D eigenvalue weighted by Gasteiger charge is -2.34. The van der Waals surface area contributed by atoms with Crippen LogP contribution in [0.2, 0.25) is 5.02 Å². The summed E-state index contributed by atoms with van der Waals surface area (Å²) in [5, 5.41) is 0.591. The van der Waals surface area contributed by atoms with Crippen LogP contribution >= 0.6 is 11.6 Å². The first-order valence-electron chi connectivity index (χ1n) is 9.98. The van der Waals surface area contributed by atoms with Gasteiger partial charge in [-0.15, -0.1) is 0 Å². The van der Waals surface area contributed by atoms with Crippen LogP contribution in [0.4, 0.5) is 0 Å². The van der Waals surface area contributed by atoms with Crippen LogP contribution in [0.1, 0.15) is 57.4 Å². The van der Waals surface area contributed by atoms with Gasteiger partial charge in [-0.1, -0.05) is 24.4 Å². The number of carbonyl (C=O) groups excluding carboxylic acids is 2. The summed E-state index contributed by atoms with van der Waals surface area (Å²) < 4.78 is 5.68. The van der Waals surface area contributed by atoms with E-state index < -0.39 is 0 Å². The van der Waals surface area contributed by atoms with Gasteiger partial charge in [0, 0.05) is 29.7 Å². The number of ether oxygens (including phenoxy) is 1. The van der Waals surface area contributed by atoms with Crippen LogP contribution in [0.3, 0.4) is 0 Å². The number of rotatable bonds is 4. The summed E-state index contributed by atoms with van der Waals surface area (Å²) in [4.78, 5) is 29.8. The smallest absolute Gasteiger partial charge is 0.242 e. The summed E-state index contributed by atoms with van der Waals surface area (Å²) >= 11 is 6.15. The molecule has 1 aromatic rings. The van der Waals surface area contributed by atoms with E-state index in [1.165, 1.54) is 12.8 Å². The molecule has 0 aliphatic carbocycles. The van der Waals surface area contributed by atoms with Crippen LogP contribution in [-0.4, -0.2) is 53.9 Å². The molecule has 1 saturated heterocycles. The van der Waals surface area contributed by atoms with Crippen LogP contribution in [0.25, 0.3) is 0 Å². The van der Waals surface area contributed by atoms with Crippen molar-refractivity contribution in [2.45, 2.75) is 57.9 Å². The fraction of sp³-hybridized carbons (Fsp3) is 0.619. The summed E-state index contributed by atoms with van der Waals surface area (Å²) in [6, 6.07) is 5.36. The van der Waals surface area contributed by atoms with Crippen LogP contribution in [0, 0.1) is 0 Å². The molecule has 6 heteroatoms. The van der Waals surface area contributed by atoms with Crippen molar-refractivity contribution in [1.82, 2.24) is 9.80 Å². The minimum Gasteiger partial charge on any atom is -0.493 e. The lowest BCUT2D eigenvalue weighted by Crippen LogP contribution is -2.48. The third-order valence-electron chi connectivity index (χ3n) is 5.48. The topological polar surface area (TPSA) is 49.9 Å². The number of likely N-dealkylation sites (tertiary alicyclic amines) is 1. The summed E-state index contributed by atoms with van der Waals surface area (Å²) in [5.74, 6) is 0.440. The molecule has 3 rings (SSSR count). The number of benzene rings is 1. The van der Waals surface area contributed by atoms with E-state index >= 15 is 0 Å². The van der Waals surface area contributed by atoms with Gasteiger partial charge in [-0.3, -0.25) is 9.59 Å². The van der Waals surface area contributed by atoms with E-state index in [4.69, 9.17) is 16.3 Å². The molecule has 2 amide bonds. The summed E-state index contributed by atoms with van der Waals surface area (Å²) in [7, 11) is 0. The van der Waals surface area contributed by atoms with E-state index in [0.29, 0.717) is 23.8 Å². The molecule has 2 aliphatic heterocycles. The summed E-state index contributed by atoms with van der Waals surface area (Å²) in [5.41, 5.74) is 0.826. The second kappa shape index (κ2) is 8.96. The molecule has 2 heterocycles. The molecule has 0 saturated carbocycles. The molecule has 2 aliphatic rings. The first kappa shape index (κ1) is 20.0. The first-order chi connectivity index (χ1) is 13.0. The number of carbonyl (C=O) groups is 2. The van der Waals surface area contributed by atoms with Gasteiger partial charge in [0.05, 0.1) is 19.1 Å². The van der Waals surface area contributed by atoms with Gasteiger partial charge in [0.15, 0.2) is 0 Å². The summed E-state index contributed by atoms with van der Waals surface area (Å²) in [6.45, 7) is 6.17. The van der Waals surface area contributed by atoms with Crippen LogP contribution in [0.15, 0.2) is 18.2 Å². The van der Waals surface area contributed by atoms with Crippen LogP contribution in [-0.2, 0) is 9.59 Å². The number of amides is 2. The molecule has 0 radical (unpaired) electrons. The maximum absolute atomic E-state index is 13.4. The number of hydrogen-bond donors (Lipinski definition) is 0. The lowest BCUT2D eigenvalue weighted by atomic mass is 9.91. The molecular weight excluding hydrogens is 364 g/mol.